The van der Waals surface area contributed by atoms with Crippen LogP contribution in [0.25, 0.3) is 11.2 Å². The average molecular weight is 355 g/mol. The summed E-state index contributed by atoms with van der Waals surface area (Å²) in [6, 6.07) is 10.1. The van der Waals surface area contributed by atoms with Crippen molar-refractivity contribution in [3.05, 3.63) is 48.5 Å². The SMILES string of the molecule is COC1CC(CO)OC1n1cnc2c(NCc3ccccc3)ncnc21. The largest absolute Gasteiger partial charge is 0.394 e. The molecule has 0 radical (unpaired) electrons. The maximum Gasteiger partial charge on any atom is 0.167 e. The number of ether oxygens (including phenoxy) is 2. The van der Waals surface area contributed by atoms with Crippen molar-refractivity contribution in [2.45, 2.75) is 31.4 Å². The highest BCUT2D eigenvalue weighted by Crippen LogP contribution is 2.33. The van der Waals surface area contributed by atoms with E-state index in [0.717, 1.165) is 5.56 Å². The zero-order chi connectivity index (χ0) is 17.9. The standard InChI is InChI=1S/C18H21N5O3/c1-25-14-7-13(9-24)26-18(14)23-11-22-15-16(20-10-21-17(15)23)19-8-12-5-3-2-4-6-12/h2-6,10-11,13-14,18,24H,7-9H2,1H3,(H,19,20,21). The van der Waals surface area contributed by atoms with Crippen LogP contribution in [-0.4, -0.2) is 50.6 Å². The highest BCUT2D eigenvalue weighted by molar-refractivity contribution is 5.82. The fourth-order valence-electron chi connectivity index (χ4n) is 3.24. The summed E-state index contributed by atoms with van der Waals surface area (Å²) >= 11 is 0. The molecule has 1 fully saturated rings. The maximum absolute atomic E-state index is 9.39. The van der Waals surface area contributed by atoms with Gasteiger partial charge in [-0.2, -0.15) is 0 Å². The molecule has 0 saturated carbocycles. The zero-order valence-electron chi connectivity index (χ0n) is 14.4. The Kier molecular flexibility index (Phi) is 4.79. The lowest BCUT2D eigenvalue weighted by atomic mass is 10.2. The zero-order valence-corrected chi connectivity index (χ0v) is 14.4. The van der Waals surface area contributed by atoms with E-state index in [2.05, 4.69) is 32.4 Å². The first-order valence-electron chi connectivity index (χ1n) is 8.54. The Morgan fingerprint density at radius 1 is 1.27 bits per heavy atom. The molecule has 26 heavy (non-hydrogen) atoms. The number of aliphatic hydroxyl groups excluding tert-OH is 1. The minimum atomic E-state index is -0.376. The van der Waals surface area contributed by atoms with Gasteiger partial charge in [0.15, 0.2) is 23.2 Å². The molecule has 1 aromatic carbocycles. The molecule has 3 heterocycles. The van der Waals surface area contributed by atoms with Crippen LogP contribution in [0.2, 0.25) is 0 Å². The molecular formula is C18H21N5O3. The number of aromatic nitrogens is 4. The molecule has 1 aliphatic rings. The number of aliphatic hydroxyl groups is 1. The Bertz CT molecular complexity index is 870. The van der Waals surface area contributed by atoms with Gasteiger partial charge in [-0.3, -0.25) is 4.57 Å². The third kappa shape index (κ3) is 3.14. The lowest BCUT2D eigenvalue weighted by Gasteiger charge is -2.19. The van der Waals surface area contributed by atoms with Gasteiger partial charge >= 0.3 is 0 Å². The number of benzene rings is 1. The number of rotatable bonds is 6. The summed E-state index contributed by atoms with van der Waals surface area (Å²) in [5, 5.41) is 12.7. The highest BCUT2D eigenvalue weighted by Gasteiger charge is 2.37. The van der Waals surface area contributed by atoms with Crippen molar-refractivity contribution < 1.29 is 14.6 Å². The Balaban J connectivity index is 1.61. The van der Waals surface area contributed by atoms with Gasteiger partial charge in [0, 0.05) is 20.1 Å². The van der Waals surface area contributed by atoms with E-state index < -0.39 is 0 Å². The van der Waals surface area contributed by atoms with Gasteiger partial charge < -0.3 is 19.9 Å². The van der Waals surface area contributed by atoms with Crippen LogP contribution < -0.4 is 5.32 Å². The molecule has 8 heteroatoms. The van der Waals surface area contributed by atoms with Crippen LogP contribution in [0.4, 0.5) is 5.82 Å². The number of hydrogen-bond acceptors (Lipinski definition) is 7. The third-order valence-electron chi connectivity index (χ3n) is 4.59. The van der Waals surface area contributed by atoms with Gasteiger partial charge in [0.1, 0.15) is 12.4 Å². The quantitative estimate of drug-likeness (QED) is 0.695. The topological polar surface area (TPSA) is 94.3 Å². The van der Waals surface area contributed by atoms with Crippen molar-refractivity contribution in [2.75, 3.05) is 19.0 Å². The van der Waals surface area contributed by atoms with Gasteiger partial charge in [0.05, 0.1) is 19.0 Å². The molecule has 0 aliphatic carbocycles. The van der Waals surface area contributed by atoms with Crippen LogP contribution in [0.5, 0.6) is 0 Å². The minimum absolute atomic E-state index is 0.0398. The molecular weight excluding hydrogens is 334 g/mol. The fourth-order valence-corrected chi connectivity index (χ4v) is 3.24. The second kappa shape index (κ2) is 7.36. The van der Waals surface area contributed by atoms with E-state index in [0.29, 0.717) is 29.9 Å². The molecule has 3 aromatic rings. The molecule has 1 saturated heterocycles. The van der Waals surface area contributed by atoms with Gasteiger partial charge in [0.2, 0.25) is 0 Å². The Labute approximate surface area is 150 Å². The molecule has 1 aliphatic heterocycles. The molecule has 136 valence electrons. The summed E-state index contributed by atoms with van der Waals surface area (Å²) < 4.78 is 13.3. The fraction of sp³-hybridized carbons (Fsp3) is 0.389. The van der Waals surface area contributed by atoms with Crippen molar-refractivity contribution >= 4 is 17.0 Å². The van der Waals surface area contributed by atoms with E-state index in [9.17, 15) is 5.11 Å². The van der Waals surface area contributed by atoms with Gasteiger partial charge in [0.25, 0.3) is 0 Å². The molecule has 0 amide bonds. The molecule has 0 spiro atoms. The van der Waals surface area contributed by atoms with Crippen LogP contribution >= 0.6 is 0 Å². The normalized spacial score (nSPS) is 22.8. The third-order valence-corrected chi connectivity index (χ3v) is 4.59. The van der Waals surface area contributed by atoms with Gasteiger partial charge in [-0.1, -0.05) is 30.3 Å². The first-order valence-corrected chi connectivity index (χ1v) is 8.54. The van der Waals surface area contributed by atoms with Crippen molar-refractivity contribution in [3.63, 3.8) is 0 Å². The summed E-state index contributed by atoms with van der Waals surface area (Å²) in [7, 11) is 1.64. The van der Waals surface area contributed by atoms with Crippen molar-refractivity contribution in [1.29, 1.82) is 0 Å². The number of anilines is 1. The van der Waals surface area contributed by atoms with Crippen LogP contribution in [0, 0.1) is 0 Å². The monoisotopic (exact) mass is 355 g/mol. The van der Waals surface area contributed by atoms with Crippen LogP contribution in [0.15, 0.2) is 43.0 Å². The molecule has 2 aromatic heterocycles. The van der Waals surface area contributed by atoms with Crippen LogP contribution in [0.3, 0.4) is 0 Å². The Hall–Kier alpha value is -2.55. The Morgan fingerprint density at radius 2 is 2.12 bits per heavy atom. The first kappa shape index (κ1) is 16.9. The summed E-state index contributed by atoms with van der Waals surface area (Å²) in [5.74, 6) is 0.670. The predicted molar refractivity (Wildman–Crippen MR) is 95.5 cm³/mol. The van der Waals surface area contributed by atoms with Crippen molar-refractivity contribution in [2.24, 2.45) is 0 Å². The minimum Gasteiger partial charge on any atom is -0.394 e. The van der Waals surface area contributed by atoms with E-state index in [-0.39, 0.29) is 25.0 Å². The average Bonchev–Trinajstić information content (AvgIpc) is 3.30. The number of methoxy groups -OCH3 is 1. The number of imidazole rings is 1. The molecule has 0 bridgehead atoms. The van der Waals surface area contributed by atoms with E-state index in [1.165, 1.54) is 6.33 Å². The van der Waals surface area contributed by atoms with E-state index in [1.54, 1.807) is 13.4 Å². The Morgan fingerprint density at radius 3 is 2.88 bits per heavy atom. The molecule has 3 atom stereocenters. The summed E-state index contributed by atoms with van der Waals surface area (Å²) in [6.07, 6.45) is 3.03. The smallest absolute Gasteiger partial charge is 0.167 e. The van der Waals surface area contributed by atoms with Gasteiger partial charge in [-0.05, 0) is 5.56 Å². The number of hydrogen-bond donors (Lipinski definition) is 2. The second-order valence-electron chi connectivity index (χ2n) is 6.23. The molecule has 2 N–H and O–H groups in total. The van der Waals surface area contributed by atoms with Crippen LogP contribution in [0.1, 0.15) is 18.2 Å². The number of nitrogens with zero attached hydrogens (tertiary/aromatic N) is 4. The lowest BCUT2D eigenvalue weighted by Crippen LogP contribution is -2.21. The molecule has 3 unspecified atom stereocenters. The number of fused-ring (bicyclic) bond motifs is 1. The molecule has 8 nitrogen and oxygen atoms in total. The summed E-state index contributed by atoms with van der Waals surface area (Å²) in [6.45, 7) is 0.606. The van der Waals surface area contributed by atoms with Crippen molar-refractivity contribution in [3.8, 4) is 0 Å². The summed E-state index contributed by atoms with van der Waals surface area (Å²) in [4.78, 5) is 13.2. The lowest BCUT2D eigenvalue weighted by molar-refractivity contribution is -0.0583. The van der Waals surface area contributed by atoms with Gasteiger partial charge in [-0.15, -0.1) is 0 Å². The first-order chi connectivity index (χ1) is 12.8. The highest BCUT2D eigenvalue weighted by atomic mass is 16.6. The maximum atomic E-state index is 9.39. The van der Waals surface area contributed by atoms with Gasteiger partial charge in [-0.25, -0.2) is 15.0 Å². The van der Waals surface area contributed by atoms with Crippen molar-refractivity contribution in [1.82, 2.24) is 19.5 Å². The van der Waals surface area contributed by atoms with E-state index >= 15 is 0 Å². The van der Waals surface area contributed by atoms with E-state index in [4.69, 9.17) is 9.47 Å². The predicted octanol–water partition coefficient (Wildman–Crippen LogP) is 1.73. The van der Waals surface area contributed by atoms with Crippen LogP contribution in [-0.2, 0) is 16.0 Å². The molecule has 4 rings (SSSR count). The number of nitrogens with one attached hydrogen (secondary N) is 1. The second-order valence-corrected chi connectivity index (χ2v) is 6.23. The summed E-state index contributed by atoms with van der Waals surface area (Å²) in [5.41, 5.74) is 2.50. The van der Waals surface area contributed by atoms with E-state index in [1.807, 2.05) is 22.8 Å².